The van der Waals surface area contributed by atoms with Crippen molar-refractivity contribution in [2.24, 2.45) is 5.92 Å². The third kappa shape index (κ3) is 5.16. The van der Waals surface area contributed by atoms with E-state index >= 15 is 0 Å². The molecule has 0 spiro atoms. The number of anilines is 1. The van der Waals surface area contributed by atoms with Crippen LogP contribution >= 0.6 is 0 Å². The monoisotopic (exact) mass is 387 g/mol. The standard InChI is InChI=1S/C23H25N5O/c29-22(25-15-20-7-4-10-24-14-20)21-16-26-23(27-17-21)28-11-8-19(9-12-28)13-18-5-2-1-3-6-18/h1-7,10,14,16-17,19H,8-9,11-13,15H2,(H,25,29). The third-order valence-corrected chi connectivity index (χ3v) is 5.34. The first kappa shape index (κ1) is 19.1. The summed E-state index contributed by atoms with van der Waals surface area (Å²) in [7, 11) is 0. The predicted molar refractivity (Wildman–Crippen MR) is 113 cm³/mol. The molecular weight excluding hydrogens is 362 g/mol. The normalized spacial score (nSPS) is 14.6. The summed E-state index contributed by atoms with van der Waals surface area (Å²) in [5, 5.41) is 2.87. The summed E-state index contributed by atoms with van der Waals surface area (Å²) in [5.41, 5.74) is 2.83. The van der Waals surface area contributed by atoms with Gasteiger partial charge in [-0.05, 0) is 42.4 Å². The zero-order valence-electron chi connectivity index (χ0n) is 16.4. The molecule has 1 aliphatic heterocycles. The Kier molecular flexibility index (Phi) is 6.10. The van der Waals surface area contributed by atoms with Crippen LogP contribution in [-0.2, 0) is 13.0 Å². The van der Waals surface area contributed by atoms with E-state index in [2.05, 4.69) is 55.5 Å². The molecule has 0 bridgehead atoms. The molecule has 1 fully saturated rings. The maximum absolute atomic E-state index is 12.3. The molecule has 3 aromatic rings. The van der Waals surface area contributed by atoms with E-state index in [1.54, 1.807) is 24.8 Å². The molecule has 6 nitrogen and oxygen atoms in total. The van der Waals surface area contributed by atoms with Crippen LogP contribution in [0.25, 0.3) is 0 Å². The second-order valence-corrected chi connectivity index (χ2v) is 7.44. The molecule has 0 atom stereocenters. The Morgan fingerprint density at radius 3 is 2.38 bits per heavy atom. The van der Waals surface area contributed by atoms with Gasteiger partial charge in [-0.25, -0.2) is 9.97 Å². The number of benzene rings is 1. The third-order valence-electron chi connectivity index (χ3n) is 5.34. The highest BCUT2D eigenvalue weighted by Crippen LogP contribution is 2.23. The number of hydrogen-bond donors (Lipinski definition) is 1. The Morgan fingerprint density at radius 2 is 1.69 bits per heavy atom. The molecule has 1 N–H and O–H groups in total. The maximum atomic E-state index is 12.3. The molecule has 148 valence electrons. The predicted octanol–water partition coefficient (Wildman–Crippen LogP) is 3.26. The van der Waals surface area contributed by atoms with Gasteiger partial charge in [0.05, 0.1) is 5.56 Å². The molecule has 2 aromatic heterocycles. The van der Waals surface area contributed by atoms with Crippen molar-refractivity contribution in [1.29, 1.82) is 0 Å². The summed E-state index contributed by atoms with van der Waals surface area (Å²) in [4.78, 5) is 27.4. The maximum Gasteiger partial charge on any atom is 0.254 e. The number of carbonyl (C=O) groups excluding carboxylic acids is 1. The molecule has 3 heterocycles. The number of pyridine rings is 1. The highest BCUT2D eigenvalue weighted by molar-refractivity contribution is 5.93. The van der Waals surface area contributed by atoms with E-state index < -0.39 is 0 Å². The number of hydrogen-bond acceptors (Lipinski definition) is 5. The van der Waals surface area contributed by atoms with Gasteiger partial charge in [-0.1, -0.05) is 36.4 Å². The minimum atomic E-state index is -0.179. The van der Waals surface area contributed by atoms with Gasteiger partial charge in [-0.2, -0.15) is 0 Å². The molecule has 6 heteroatoms. The first-order valence-corrected chi connectivity index (χ1v) is 10.1. The summed E-state index contributed by atoms with van der Waals surface area (Å²) in [6.07, 6.45) is 10.1. The van der Waals surface area contributed by atoms with Crippen LogP contribution < -0.4 is 10.2 Å². The largest absolute Gasteiger partial charge is 0.348 e. The van der Waals surface area contributed by atoms with Crippen LogP contribution in [0.5, 0.6) is 0 Å². The minimum Gasteiger partial charge on any atom is -0.348 e. The topological polar surface area (TPSA) is 71.0 Å². The molecule has 1 saturated heterocycles. The van der Waals surface area contributed by atoms with Crippen LogP contribution in [0.2, 0.25) is 0 Å². The fraction of sp³-hybridized carbons (Fsp3) is 0.304. The average molecular weight is 387 g/mol. The fourth-order valence-electron chi connectivity index (χ4n) is 3.67. The smallest absolute Gasteiger partial charge is 0.254 e. The molecule has 0 radical (unpaired) electrons. The summed E-state index contributed by atoms with van der Waals surface area (Å²) in [6.45, 7) is 2.33. The molecule has 1 aliphatic rings. The van der Waals surface area contributed by atoms with E-state index in [1.807, 2.05) is 12.1 Å². The van der Waals surface area contributed by atoms with Crippen LogP contribution in [0.1, 0.15) is 34.3 Å². The Labute approximate surface area is 171 Å². The van der Waals surface area contributed by atoms with Crippen molar-refractivity contribution in [3.63, 3.8) is 0 Å². The van der Waals surface area contributed by atoms with Crippen molar-refractivity contribution in [3.05, 3.63) is 83.9 Å². The summed E-state index contributed by atoms with van der Waals surface area (Å²) in [5.74, 6) is 1.22. The molecule has 0 saturated carbocycles. The lowest BCUT2D eigenvalue weighted by Crippen LogP contribution is -2.35. The van der Waals surface area contributed by atoms with Crippen molar-refractivity contribution < 1.29 is 4.79 Å². The quantitative estimate of drug-likeness (QED) is 0.703. The Bertz CT molecular complexity index is 907. The zero-order chi connectivity index (χ0) is 19.9. The van der Waals surface area contributed by atoms with Gasteiger partial charge in [-0.15, -0.1) is 0 Å². The van der Waals surface area contributed by atoms with E-state index in [1.165, 1.54) is 5.56 Å². The summed E-state index contributed by atoms with van der Waals surface area (Å²) < 4.78 is 0. The van der Waals surface area contributed by atoms with Crippen LogP contribution in [0.4, 0.5) is 5.95 Å². The van der Waals surface area contributed by atoms with Gasteiger partial charge in [0.1, 0.15) is 0 Å². The number of carbonyl (C=O) groups is 1. The highest BCUT2D eigenvalue weighted by atomic mass is 16.1. The number of nitrogens with one attached hydrogen (secondary N) is 1. The van der Waals surface area contributed by atoms with Gasteiger partial charge >= 0.3 is 0 Å². The van der Waals surface area contributed by atoms with Gasteiger partial charge in [0.2, 0.25) is 5.95 Å². The van der Waals surface area contributed by atoms with Crippen molar-refractivity contribution in [1.82, 2.24) is 20.3 Å². The molecule has 0 unspecified atom stereocenters. The number of nitrogens with zero attached hydrogens (tertiary/aromatic N) is 4. The van der Waals surface area contributed by atoms with Gasteiger partial charge in [0.15, 0.2) is 0 Å². The number of piperidine rings is 1. The van der Waals surface area contributed by atoms with E-state index in [-0.39, 0.29) is 5.91 Å². The van der Waals surface area contributed by atoms with Crippen molar-refractivity contribution in [2.45, 2.75) is 25.8 Å². The molecule has 1 amide bonds. The second kappa shape index (κ2) is 9.28. The summed E-state index contributed by atoms with van der Waals surface area (Å²) >= 11 is 0. The number of aromatic nitrogens is 3. The van der Waals surface area contributed by atoms with E-state index in [0.717, 1.165) is 37.9 Å². The lowest BCUT2D eigenvalue weighted by Gasteiger charge is -2.32. The lowest BCUT2D eigenvalue weighted by molar-refractivity contribution is 0.0950. The van der Waals surface area contributed by atoms with Crippen LogP contribution in [0.15, 0.2) is 67.3 Å². The first-order chi connectivity index (χ1) is 14.3. The molecular formula is C23H25N5O. The lowest BCUT2D eigenvalue weighted by atomic mass is 9.90. The van der Waals surface area contributed by atoms with Crippen LogP contribution in [0.3, 0.4) is 0 Å². The second-order valence-electron chi connectivity index (χ2n) is 7.44. The number of rotatable bonds is 6. The van der Waals surface area contributed by atoms with Gasteiger partial charge in [0, 0.05) is 44.4 Å². The van der Waals surface area contributed by atoms with Crippen LogP contribution in [-0.4, -0.2) is 33.9 Å². The summed E-state index contributed by atoms with van der Waals surface area (Å²) in [6, 6.07) is 14.4. The molecule has 1 aromatic carbocycles. The van der Waals surface area contributed by atoms with E-state index in [4.69, 9.17) is 0 Å². The first-order valence-electron chi connectivity index (χ1n) is 10.1. The molecule has 29 heavy (non-hydrogen) atoms. The minimum absolute atomic E-state index is 0.179. The van der Waals surface area contributed by atoms with E-state index in [9.17, 15) is 4.79 Å². The number of amides is 1. The van der Waals surface area contributed by atoms with Gasteiger partial charge in [-0.3, -0.25) is 9.78 Å². The fourth-order valence-corrected chi connectivity index (χ4v) is 3.67. The van der Waals surface area contributed by atoms with Crippen molar-refractivity contribution in [2.75, 3.05) is 18.0 Å². The van der Waals surface area contributed by atoms with Crippen LogP contribution in [0, 0.1) is 5.92 Å². The molecule has 4 rings (SSSR count). The van der Waals surface area contributed by atoms with Crippen molar-refractivity contribution >= 4 is 11.9 Å². The Balaban J connectivity index is 1.27. The van der Waals surface area contributed by atoms with Gasteiger partial charge < -0.3 is 10.2 Å². The Hall–Kier alpha value is -3.28. The Morgan fingerprint density at radius 1 is 0.966 bits per heavy atom. The van der Waals surface area contributed by atoms with E-state index in [0.29, 0.717) is 24.0 Å². The SMILES string of the molecule is O=C(NCc1cccnc1)c1cnc(N2CCC(Cc3ccccc3)CC2)nc1. The van der Waals surface area contributed by atoms with Gasteiger partial charge in [0.25, 0.3) is 5.91 Å². The van der Waals surface area contributed by atoms with Crippen molar-refractivity contribution in [3.8, 4) is 0 Å². The molecule has 0 aliphatic carbocycles. The average Bonchev–Trinajstić information content (AvgIpc) is 2.79. The zero-order valence-corrected chi connectivity index (χ0v) is 16.4. The highest BCUT2D eigenvalue weighted by Gasteiger charge is 2.21.